The number of hydrogen-bond acceptors (Lipinski definition) is 7. The minimum absolute atomic E-state index is 0.00464. The minimum atomic E-state index is -4.47. The number of sulfone groups is 1. The quantitative estimate of drug-likeness (QED) is 0.316. The first-order chi connectivity index (χ1) is 18.4. The first-order valence-corrected chi connectivity index (χ1v) is 13.6. The van der Waals surface area contributed by atoms with Gasteiger partial charge in [0, 0.05) is 36.3 Å². The molecule has 0 saturated carbocycles. The van der Waals surface area contributed by atoms with E-state index in [4.69, 9.17) is 4.74 Å². The summed E-state index contributed by atoms with van der Waals surface area (Å²) in [6.07, 6.45) is -3.06. The van der Waals surface area contributed by atoms with Gasteiger partial charge >= 0.3 is 6.18 Å². The van der Waals surface area contributed by atoms with E-state index in [1.807, 2.05) is 25.1 Å². The third kappa shape index (κ3) is 6.71. The molecule has 0 amide bonds. The van der Waals surface area contributed by atoms with Gasteiger partial charge in [0.15, 0.2) is 9.84 Å². The van der Waals surface area contributed by atoms with Crippen molar-refractivity contribution in [1.29, 1.82) is 0 Å². The largest absolute Gasteiger partial charge is 0.495 e. The fourth-order valence-corrected chi connectivity index (χ4v) is 4.65. The standard InChI is InChI=1S/C26H27F3N6O3S/c1-34(2)16-17-13-22(33-32-17)19-7-6-12-35-23(15-26(27,28)29)20(31-25(19)35)8-5-11-30-21-10-9-18(39(4,36)37)14-24(21)38-3/h6-7,9-10,12-14,30H,11,15-16H2,1-4H3,(H,32,33). The average Bonchev–Trinajstić information content (AvgIpc) is 3.44. The lowest BCUT2D eigenvalue weighted by molar-refractivity contribution is -0.128. The number of benzene rings is 1. The number of aromatic amines is 1. The van der Waals surface area contributed by atoms with Crippen molar-refractivity contribution in [3.63, 3.8) is 0 Å². The number of halogens is 3. The Balaban J connectivity index is 1.66. The number of H-pyrrole nitrogens is 1. The number of pyridine rings is 1. The molecule has 2 N–H and O–H groups in total. The van der Waals surface area contributed by atoms with Crippen LogP contribution in [0.25, 0.3) is 16.9 Å². The van der Waals surface area contributed by atoms with Crippen molar-refractivity contribution in [2.45, 2.75) is 24.0 Å². The maximum atomic E-state index is 13.5. The second-order valence-corrected chi connectivity index (χ2v) is 11.1. The molecule has 0 radical (unpaired) electrons. The predicted octanol–water partition coefficient (Wildman–Crippen LogP) is 3.77. The smallest absolute Gasteiger partial charge is 0.394 e. The van der Waals surface area contributed by atoms with Gasteiger partial charge in [-0.15, -0.1) is 0 Å². The molecule has 1 aromatic carbocycles. The first kappa shape index (κ1) is 28.0. The number of ether oxygens (including phenoxy) is 1. The summed E-state index contributed by atoms with van der Waals surface area (Å²) in [7, 11) is 1.81. The summed E-state index contributed by atoms with van der Waals surface area (Å²) in [6.45, 7) is 0.670. The molecule has 206 valence electrons. The fraction of sp³-hybridized carbons (Fsp3) is 0.308. The summed E-state index contributed by atoms with van der Waals surface area (Å²) < 4.78 is 70.8. The van der Waals surface area contributed by atoms with Crippen molar-refractivity contribution in [1.82, 2.24) is 24.5 Å². The molecule has 4 rings (SSSR count). The Morgan fingerprint density at radius 2 is 1.97 bits per heavy atom. The predicted molar refractivity (Wildman–Crippen MR) is 141 cm³/mol. The molecular weight excluding hydrogens is 533 g/mol. The SMILES string of the molecule is COc1cc(S(C)(=O)=O)ccc1NCC#Cc1nc2c(-c3cc(CN(C)C)[nH]n3)cccn2c1CC(F)(F)F. The number of rotatable bonds is 8. The molecule has 0 saturated heterocycles. The van der Waals surface area contributed by atoms with Crippen LogP contribution in [0.2, 0.25) is 0 Å². The normalized spacial score (nSPS) is 12.0. The van der Waals surface area contributed by atoms with E-state index in [2.05, 4.69) is 32.3 Å². The van der Waals surface area contributed by atoms with Gasteiger partial charge in [0.2, 0.25) is 0 Å². The Hall–Kier alpha value is -4.02. The van der Waals surface area contributed by atoms with Crippen LogP contribution in [0.5, 0.6) is 5.75 Å². The van der Waals surface area contributed by atoms with Crippen molar-refractivity contribution in [2.75, 3.05) is 39.3 Å². The molecule has 4 aromatic rings. The zero-order valence-electron chi connectivity index (χ0n) is 21.7. The van der Waals surface area contributed by atoms with Crippen LogP contribution in [-0.4, -0.2) is 73.1 Å². The Morgan fingerprint density at radius 1 is 1.21 bits per heavy atom. The van der Waals surface area contributed by atoms with Gasteiger partial charge in [-0.1, -0.05) is 5.92 Å². The topological polar surface area (TPSA) is 105 Å². The van der Waals surface area contributed by atoms with Gasteiger partial charge in [-0.25, -0.2) is 13.4 Å². The molecule has 39 heavy (non-hydrogen) atoms. The van der Waals surface area contributed by atoms with Crippen molar-refractivity contribution in [3.8, 4) is 28.8 Å². The highest BCUT2D eigenvalue weighted by Crippen LogP contribution is 2.30. The van der Waals surface area contributed by atoms with Crippen LogP contribution in [0, 0.1) is 11.8 Å². The molecule has 13 heteroatoms. The van der Waals surface area contributed by atoms with E-state index in [0.717, 1.165) is 11.9 Å². The van der Waals surface area contributed by atoms with E-state index in [9.17, 15) is 21.6 Å². The van der Waals surface area contributed by atoms with Crippen molar-refractivity contribution in [3.05, 3.63) is 59.7 Å². The Kier molecular flexibility index (Phi) is 7.89. The molecule has 0 atom stereocenters. The lowest BCUT2D eigenvalue weighted by Gasteiger charge is -2.10. The number of nitrogens with zero attached hydrogens (tertiary/aromatic N) is 4. The van der Waals surface area contributed by atoms with E-state index in [-0.39, 0.29) is 22.8 Å². The monoisotopic (exact) mass is 560 g/mol. The van der Waals surface area contributed by atoms with Gasteiger partial charge in [-0.3, -0.25) is 5.10 Å². The molecule has 0 spiro atoms. The molecule has 0 unspecified atom stereocenters. The van der Waals surface area contributed by atoms with Crippen LogP contribution in [0.1, 0.15) is 17.1 Å². The van der Waals surface area contributed by atoms with E-state index < -0.39 is 22.4 Å². The molecule has 3 heterocycles. The third-order valence-corrected chi connectivity index (χ3v) is 6.80. The third-order valence-electron chi connectivity index (χ3n) is 5.69. The van der Waals surface area contributed by atoms with Crippen LogP contribution in [0.4, 0.5) is 18.9 Å². The molecule has 0 aliphatic heterocycles. The van der Waals surface area contributed by atoms with Gasteiger partial charge in [0.1, 0.15) is 17.1 Å². The maximum Gasteiger partial charge on any atom is 0.394 e. The van der Waals surface area contributed by atoms with E-state index in [1.165, 1.54) is 35.9 Å². The van der Waals surface area contributed by atoms with E-state index >= 15 is 0 Å². The van der Waals surface area contributed by atoms with Gasteiger partial charge in [0.05, 0.1) is 42.0 Å². The molecule has 0 aliphatic carbocycles. The minimum Gasteiger partial charge on any atom is -0.495 e. The summed E-state index contributed by atoms with van der Waals surface area (Å²) in [6, 6.07) is 9.59. The molecule has 9 nitrogen and oxygen atoms in total. The zero-order chi connectivity index (χ0) is 28.4. The van der Waals surface area contributed by atoms with E-state index in [0.29, 0.717) is 34.9 Å². The number of fused-ring (bicyclic) bond motifs is 1. The van der Waals surface area contributed by atoms with Gasteiger partial charge in [0.25, 0.3) is 0 Å². The summed E-state index contributed by atoms with van der Waals surface area (Å²) >= 11 is 0. The number of anilines is 1. The van der Waals surface area contributed by atoms with Crippen LogP contribution >= 0.6 is 0 Å². The van der Waals surface area contributed by atoms with Crippen LogP contribution in [-0.2, 0) is 22.8 Å². The Labute approximate surface area is 223 Å². The zero-order valence-corrected chi connectivity index (χ0v) is 22.5. The Bertz CT molecular complexity index is 1660. The highest BCUT2D eigenvalue weighted by Gasteiger charge is 2.31. The number of nitrogens with one attached hydrogen (secondary N) is 2. The second-order valence-electron chi connectivity index (χ2n) is 9.12. The number of methoxy groups -OCH3 is 1. The fourth-order valence-electron chi connectivity index (χ4n) is 4.01. The lowest BCUT2D eigenvalue weighted by atomic mass is 10.2. The summed E-state index contributed by atoms with van der Waals surface area (Å²) in [5.41, 5.74) is 2.71. The van der Waals surface area contributed by atoms with Gasteiger partial charge in [-0.2, -0.15) is 18.3 Å². The van der Waals surface area contributed by atoms with E-state index in [1.54, 1.807) is 12.1 Å². The van der Waals surface area contributed by atoms with Crippen molar-refractivity contribution >= 4 is 21.2 Å². The van der Waals surface area contributed by atoms with Gasteiger partial charge in [-0.05, 0) is 50.3 Å². The number of aromatic nitrogens is 4. The van der Waals surface area contributed by atoms with Crippen molar-refractivity contribution < 1.29 is 26.3 Å². The molecule has 0 aliphatic rings. The highest BCUT2D eigenvalue weighted by atomic mass is 32.2. The number of imidazole rings is 1. The molecule has 3 aromatic heterocycles. The van der Waals surface area contributed by atoms with Crippen LogP contribution < -0.4 is 10.1 Å². The number of alkyl halides is 3. The molecule has 0 bridgehead atoms. The average molecular weight is 561 g/mol. The highest BCUT2D eigenvalue weighted by molar-refractivity contribution is 7.90. The summed E-state index contributed by atoms with van der Waals surface area (Å²) in [5.74, 6) is 5.87. The van der Waals surface area contributed by atoms with Gasteiger partial charge < -0.3 is 19.4 Å². The van der Waals surface area contributed by atoms with Crippen molar-refractivity contribution in [2.24, 2.45) is 0 Å². The lowest BCUT2D eigenvalue weighted by Crippen LogP contribution is -2.14. The summed E-state index contributed by atoms with van der Waals surface area (Å²) in [4.78, 5) is 6.53. The Morgan fingerprint density at radius 3 is 2.64 bits per heavy atom. The van der Waals surface area contributed by atoms with Crippen LogP contribution in [0.15, 0.2) is 47.5 Å². The molecule has 0 fully saturated rings. The van der Waals surface area contributed by atoms with Crippen LogP contribution in [0.3, 0.4) is 0 Å². The molecular formula is C26H27F3N6O3S. The summed E-state index contributed by atoms with van der Waals surface area (Å²) in [5, 5.41) is 10.3. The number of hydrogen-bond donors (Lipinski definition) is 2. The first-order valence-electron chi connectivity index (χ1n) is 11.7. The second kappa shape index (κ2) is 11.0. The maximum absolute atomic E-state index is 13.5.